The molecule has 1 aliphatic rings. The first-order chi connectivity index (χ1) is 12.2. The van der Waals surface area contributed by atoms with Gasteiger partial charge in [0.2, 0.25) is 0 Å². The van der Waals surface area contributed by atoms with E-state index in [2.05, 4.69) is 9.97 Å². The minimum Gasteiger partial charge on any atom is -0.486 e. The van der Waals surface area contributed by atoms with Crippen LogP contribution < -0.4 is 9.47 Å². The predicted octanol–water partition coefficient (Wildman–Crippen LogP) is 3.28. The number of hydrogen-bond donors (Lipinski definition) is 1. The average Bonchev–Trinajstić information content (AvgIpc) is 2.68. The fourth-order valence-corrected chi connectivity index (χ4v) is 2.65. The van der Waals surface area contributed by atoms with Crippen LogP contribution in [0.4, 0.5) is 0 Å². The van der Waals surface area contributed by atoms with Crippen LogP contribution in [0, 0.1) is 0 Å². The van der Waals surface area contributed by atoms with Gasteiger partial charge in [-0.3, -0.25) is 0 Å². The van der Waals surface area contributed by atoms with E-state index in [-0.39, 0.29) is 5.56 Å². The second-order valence-corrected chi connectivity index (χ2v) is 5.51. The zero-order chi connectivity index (χ0) is 17.2. The number of hydrogen-bond acceptors (Lipinski definition) is 5. The smallest absolute Gasteiger partial charge is 0.335 e. The Kier molecular flexibility index (Phi) is 3.78. The SMILES string of the molecule is O=C(O)c1cccc(-c2nccc(-c3ccc4c(c3)OCCO4)n2)c1. The lowest BCUT2D eigenvalue weighted by Gasteiger charge is -2.18. The molecule has 0 bridgehead atoms. The van der Waals surface area contributed by atoms with Gasteiger partial charge in [-0.15, -0.1) is 0 Å². The van der Waals surface area contributed by atoms with Crippen molar-refractivity contribution >= 4 is 5.97 Å². The number of ether oxygens (including phenoxy) is 2. The maximum Gasteiger partial charge on any atom is 0.335 e. The molecule has 1 aliphatic heterocycles. The maximum atomic E-state index is 11.1. The van der Waals surface area contributed by atoms with Crippen LogP contribution in [0.5, 0.6) is 11.5 Å². The first-order valence-electron chi connectivity index (χ1n) is 7.77. The molecule has 0 radical (unpaired) electrons. The molecule has 0 fully saturated rings. The van der Waals surface area contributed by atoms with E-state index >= 15 is 0 Å². The molecule has 6 nitrogen and oxygen atoms in total. The lowest BCUT2D eigenvalue weighted by molar-refractivity contribution is 0.0697. The minimum absolute atomic E-state index is 0.200. The topological polar surface area (TPSA) is 81.5 Å². The summed E-state index contributed by atoms with van der Waals surface area (Å²) in [6, 6.07) is 14.0. The van der Waals surface area contributed by atoms with E-state index in [0.717, 1.165) is 17.0 Å². The van der Waals surface area contributed by atoms with E-state index in [0.29, 0.717) is 30.4 Å². The molecule has 2 aromatic carbocycles. The van der Waals surface area contributed by atoms with Gasteiger partial charge in [-0.2, -0.15) is 0 Å². The van der Waals surface area contributed by atoms with Crippen molar-refractivity contribution in [3.63, 3.8) is 0 Å². The lowest BCUT2D eigenvalue weighted by atomic mass is 10.1. The van der Waals surface area contributed by atoms with E-state index in [9.17, 15) is 4.79 Å². The van der Waals surface area contributed by atoms with Crippen molar-refractivity contribution in [2.45, 2.75) is 0 Å². The quantitative estimate of drug-likeness (QED) is 0.791. The minimum atomic E-state index is -0.982. The Labute approximate surface area is 143 Å². The molecule has 6 heteroatoms. The summed E-state index contributed by atoms with van der Waals surface area (Å²) in [5.74, 6) is 0.899. The summed E-state index contributed by atoms with van der Waals surface area (Å²) in [6.07, 6.45) is 1.65. The molecular weight excluding hydrogens is 320 g/mol. The molecule has 0 unspecified atom stereocenters. The number of aromatic nitrogens is 2. The van der Waals surface area contributed by atoms with Gasteiger partial charge in [0.05, 0.1) is 11.3 Å². The monoisotopic (exact) mass is 334 g/mol. The third-order valence-corrected chi connectivity index (χ3v) is 3.86. The summed E-state index contributed by atoms with van der Waals surface area (Å²) >= 11 is 0. The van der Waals surface area contributed by atoms with Crippen molar-refractivity contribution in [2.75, 3.05) is 13.2 Å². The highest BCUT2D eigenvalue weighted by molar-refractivity contribution is 5.89. The molecule has 4 rings (SSSR count). The van der Waals surface area contributed by atoms with Gasteiger partial charge in [0.15, 0.2) is 17.3 Å². The molecule has 0 saturated carbocycles. The molecule has 0 saturated heterocycles. The van der Waals surface area contributed by atoms with E-state index in [1.54, 1.807) is 30.5 Å². The number of carboxylic acids is 1. The summed E-state index contributed by atoms with van der Waals surface area (Å²) in [5.41, 5.74) is 2.45. The molecule has 1 N–H and O–H groups in total. The molecular formula is C19H14N2O4. The Hall–Kier alpha value is -3.41. The molecule has 0 amide bonds. The standard InChI is InChI=1S/C19H14N2O4/c22-19(23)14-3-1-2-13(10-14)18-20-7-6-15(21-18)12-4-5-16-17(11-12)25-9-8-24-16/h1-7,10-11H,8-9H2,(H,22,23). The Morgan fingerprint density at radius 3 is 2.64 bits per heavy atom. The molecule has 124 valence electrons. The van der Waals surface area contributed by atoms with Crippen LogP contribution in [0.25, 0.3) is 22.6 Å². The number of aromatic carboxylic acids is 1. The lowest BCUT2D eigenvalue weighted by Crippen LogP contribution is -2.15. The van der Waals surface area contributed by atoms with Gasteiger partial charge in [0.1, 0.15) is 13.2 Å². The van der Waals surface area contributed by atoms with Crippen LogP contribution in [-0.2, 0) is 0 Å². The fourth-order valence-electron chi connectivity index (χ4n) is 2.65. The van der Waals surface area contributed by atoms with Gasteiger partial charge in [0.25, 0.3) is 0 Å². The number of fused-ring (bicyclic) bond motifs is 1. The Morgan fingerprint density at radius 1 is 0.960 bits per heavy atom. The third-order valence-electron chi connectivity index (χ3n) is 3.86. The summed E-state index contributed by atoms with van der Waals surface area (Å²) in [7, 11) is 0. The van der Waals surface area contributed by atoms with Crippen LogP contribution >= 0.6 is 0 Å². The van der Waals surface area contributed by atoms with Crippen LogP contribution in [0.15, 0.2) is 54.7 Å². The second-order valence-electron chi connectivity index (χ2n) is 5.51. The highest BCUT2D eigenvalue weighted by Gasteiger charge is 2.14. The normalized spacial score (nSPS) is 12.6. The molecule has 0 atom stereocenters. The predicted molar refractivity (Wildman–Crippen MR) is 90.9 cm³/mol. The van der Waals surface area contributed by atoms with Crippen molar-refractivity contribution in [2.24, 2.45) is 0 Å². The van der Waals surface area contributed by atoms with Crippen LogP contribution in [0.3, 0.4) is 0 Å². The summed E-state index contributed by atoms with van der Waals surface area (Å²) in [4.78, 5) is 20.0. The Morgan fingerprint density at radius 2 is 1.80 bits per heavy atom. The van der Waals surface area contributed by atoms with Gasteiger partial charge in [-0.1, -0.05) is 12.1 Å². The Bertz CT molecular complexity index is 956. The fraction of sp³-hybridized carbons (Fsp3) is 0.105. The molecule has 3 aromatic rings. The number of carboxylic acid groups (broad SMARTS) is 1. The van der Waals surface area contributed by atoms with Gasteiger partial charge in [-0.05, 0) is 36.4 Å². The second kappa shape index (κ2) is 6.24. The van der Waals surface area contributed by atoms with Crippen LogP contribution in [0.2, 0.25) is 0 Å². The van der Waals surface area contributed by atoms with Gasteiger partial charge >= 0.3 is 5.97 Å². The van der Waals surface area contributed by atoms with Crippen LogP contribution in [0.1, 0.15) is 10.4 Å². The molecule has 0 spiro atoms. The molecule has 25 heavy (non-hydrogen) atoms. The summed E-state index contributed by atoms with van der Waals surface area (Å²) < 4.78 is 11.1. The number of carbonyl (C=O) groups is 1. The van der Waals surface area contributed by atoms with Crippen molar-refractivity contribution < 1.29 is 19.4 Å². The molecule has 0 aliphatic carbocycles. The zero-order valence-corrected chi connectivity index (χ0v) is 13.2. The van der Waals surface area contributed by atoms with E-state index in [1.165, 1.54) is 6.07 Å². The number of rotatable bonds is 3. The van der Waals surface area contributed by atoms with Crippen molar-refractivity contribution in [1.29, 1.82) is 0 Å². The maximum absolute atomic E-state index is 11.1. The number of benzene rings is 2. The van der Waals surface area contributed by atoms with Gasteiger partial charge < -0.3 is 14.6 Å². The van der Waals surface area contributed by atoms with Crippen LogP contribution in [-0.4, -0.2) is 34.3 Å². The highest BCUT2D eigenvalue weighted by atomic mass is 16.6. The van der Waals surface area contributed by atoms with Crippen molar-refractivity contribution in [3.05, 3.63) is 60.3 Å². The first kappa shape index (κ1) is 15.1. The van der Waals surface area contributed by atoms with E-state index in [1.807, 2.05) is 18.2 Å². The van der Waals surface area contributed by atoms with E-state index in [4.69, 9.17) is 14.6 Å². The average molecular weight is 334 g/mol. The molecule has 2 heterocycles. The van der Waals surface area contributed by atoms with Crippen molar-refractivity contribution in [3.8, 4) is 34.1 Å². The number of nitrogens with zero attached hydrogens (tertiary/aromatic N) is 2. The summed E-state index contributed by atoms with van der Waals surface area (Å²) in [5, 5.41) is 9.13. The zero-order valence-electron chi connectivity index (χ0n) is 13.2. The largest absolute Gasteiger partial charge is 0.486 e. The molecule has 1 aromatic heterocycles. The first-order valence-corrected chi connectivity index (χ1v) is 7.77. The van der Waals surface area contributed by atoms with Crippen molar-refractivity contribution in [1.82, 2.24) is 9.97 Å². The van der Waals surface area contributed by atoms with Gasteiger partial charge in [0, 0.05) is 17.3 Å². The van der Waals surface area contributed by atoms with Gasteiger partial charge in [-0.25, -0.2) is 14.8 Å². The Balaban J connectivity index is 1.72. The third kappa shape index (κ3) is 3.01. The summed E-state index contributed by atoms with van der Waals surface area (Å²) in [6.45, 7) is 1.07. The van der Waals surface area contributed by atoms with E-state index < -0.39 is 5.97 Å². The highest BCUT2D eigenvalue weighted by Crippen LogP contribution is 2.34.